The summed E-state index contributed by atoms with van der Waals surface area (Å²) < 4.78 is 5.21. The Kier molecular flexibility index (Phi) is 4.53. The minimum absolute atomic E-state index is 0.330. The lowest BCUT2D eigenvalue weighted by atomic mass is 10.1. The predicted octanol–water partition coefficient (Wildman–Crippen LogP) is -0.925. The first-order valence-electron chi connectivity index (χ1n) is 4.52. The molecule has 4 heteroatoms. The summed E-state index contributed by atoms with van der Waals surface area (Å²) in [6.07, 6.45) is 1.67. The van der Waals surface area contributed by atoms with E-state index < -0.39 is 6.10 Å². The van der Waals surface area contributed by atoms with Crippen molar-refractivity contribution in [2.45, 2.75) is 25.0 Å². The van der Waals surface area contributed by atoms with Crippen LogP contribution in [0.15, 0.2) is 0 Å². The van der Waals surface area contributed by atoms with Crippen molar-refractivity contribution in [3.05, 3.63) is 0 Å². The van der Waals surface area contributed by atoms with Crippen LogP contribution in [-0.4, -0.2) is 43.6 Å². The van der Waals surface area contributed by atoms with Crippen LogP contribution in [-0.2, 0) is 4.74 Å². The summed E-state index contributed by atoms with van der Waals surface area (Å²) in [7, 11) is 0. The van der Waals surface area contributed by atoms with Gasteiger partial charge in [0.15, 0.2) is 0 Å². The summed E-state index contributed by atoms with van der Waals surface area (Å²) in [4.78, 5) is 0. The van der Waals surface area contributed by atoms with Crippen LogP contribution < -0.4 is 11.1 Å². The number of aliphatic hydroxyl groups is 1. The minimum atomic E-state index is -0.409. The number of aliphatic hydroxyl groups excluding tert-OH is 1. The molecule has 0 saturated carbocycles. The highest BCUT2D eigenvalue weighted by Crippen LogP contribution is 2.05. The molecule has 0 aliphatic carbocycles. The molecule has 1 rings (SSSR count). The third-order valence-electron chi connectivity index (χ3n) is 2.14. The Morgan fingerprint density at radius 3 is 2.75 bits per heavy atom. The zero-order valence-corrected chi connectivity index (χ0v) is 7.33. The largest absolute Gasteiger partial charge is 0.390 e. The maximum Gasteiger partial charge on any atom is 0.0786 e. The van der Waals surface area contributed by atoms with Crippen molar-refractivity contribution in [3.8, 4) is 0 Å². The second-order valence-electron chi connectivity index (χ2n) is 3.18. The Hall–Kier alpha value is -0.160. The topological polar surface area (TPSA) is 67.5 Å². The van der Waals surface area contributed by atoms with Gasteiger partial charge in [-0.05, 0) is 12.8 Å². The average molecular weight is 174 g/mol. The molecule has 4 nitrogen and oxygen atoms in total. The van der Waals surface area contributed by atoms with Crippen molar-refractivity contribution < 1.29 is 9.84 Å². The maximum atomic E-state index is 9.17. The van der Waals surface area contributed by atoms with E-state index in [4.69, 9.17) is 15.6 Å². The minimum Gasteiger partial charge on any atom is -0.390 e. The van der Waals surface area contributed by atoms with Gasteiger partial charge in [-0.3, -0.25) is 0 Å². The van der Waals surface area contributed by atoms with E-state index in [1.54, 1.807) is 0 Å². The van der Waals surface area contributed by atoms with E-state index in [9.17, 15) is 0 Å². The van der Waals surface area contributed by atoms with Crippen molar-refractivity contribution >= 4 is 0 Å². The van der Waals surface area contributed by atoms with Gasteiger partial charge in [-0.25, -0.2) is 0 Å². The zero-order chi connectivity index (χ0) is 8.81. The fourth-order valence-electron chi connectivity index (χ4n) is 1.29. The molecule has 0 aromatic rings. The van der Waals surface area contributed by atoms with Crippen molar-refractivity contribution in [2.24, 2.45) is 5.73 Å². The summed E-state index contributed by atoms with van der Waals surface area (Å²) >= 11 is 0. The second-order valence-corrected chi connectivity index (χ2v) is 3.18. The molecule has 1 heterocycles. The molecule has 0 aromatic heterocycles. The van der Waals surface area contributed by atoms with Gasteiger partial charge < -0.3 is 20.9 Å². The van der Waals surface area contributed by atoms with E-state index >= 15 is 0 Å². The number of rotatable bonds is 4. The first-order valence-corrected chi connectivity index (χ1v) is 4.52. The van der Waals surface area contributed by atoms with Crippen LogP contribution in [0.2, 0.25) is 0 Å². The monoisotopic (exact) mass is 174 g/mol. The third-order valence-corrected chi connectivity index (χ3v) is 2.14. The first kappa shape index (κ1) is 9.92. The summed E-state index contributed by atoms with van der Waals surface area (Å²) in [5.74, 6) is 0. The molecule has 0 spiro atoms. The molecule has 0 amide bonds. The molecule has 1 fully saturated rings. The van der Waals surface area contributed by atoms with Crippen LogP contribution in [0.5, 0.6) is 0 Å². The summed E-state index contributed by atoms with van der Waals surface area (Å²) in [6, 6.07) is 0.500. The Labute approximate surface area is 73.1 Å². The van der Waals surface area contributed by atoms with Gasteiger partial charge in [0, 0.05) is 32.3 Å². The van der Waals surface area contributed by atoms with Gasteiger partial charge in [0.25, 0.3) is 0 Å². The van der Waals surface area contributed by atoms with Crippen LogP contribution in [0.3, 0.4) is 0 Å². The van der Waals surface area contributed by atoms with E-state index in [2.05, 4.69) is 5.32 Å². The number of hydrogen-bond acceptors (Lipinski definition) is 4. The van der Waals surface area contributed by atoms with E-state index in [0.29, 0.717) is 19.1 Å². The second kappa shape index (κ2) is 5.48. The molecule has 1 aliphatic rings. The zero-order valence-electron chi connectivity index (χ0n) is 7.33. The molecule has 1 atom stereocenters. The quantitative estimate of drug-likeness (QED) is 0.515. The Balaban J connectivity index is 2.05. The van der Waals surface area contributed by atoms with Crippen LogP contribution in [0.1, 0.15) is 12.8 Å². The number of ether oxygens (including phenoxy) is 1. The lowest BCUT2D eigenvalue weighted by molar-refractivity contribution is 0.0730. The Morgan fingerprint density at radius 2 is 2.17 bits per heavy atom. The lowest BCUT2D eigenvalue weighted by Crippen LogP contribution is -2.41. The molecule has 1 unspecified atom stereocenters. The smallest absolute Gasteiger partial charge is 0.0786 e. The van der Waals surface area contributed by atoms with Gasteiger partial charge >= 0.3 is 0 Å². The van der Waals surface area contributed by atoms with E-state index in [-0.39, 0.29) is 0 Å². The van der Waals surface area contributed by atoms with Crippen molar-refractivity contribution in [2.75, 3.05) is 26.3 Å². The molecule has 1 aliphatic heterocycles. The molecule has 72 valence electrons. The fraction of sp³-hybridized carbons (Fsp3) is 1.00. The SMILES string of the molecule is NCC(O)CNC1CCOCC1. The van der Waals surface area contributed by atoms with Gasteiger partial charge in [0.05, 0.1) is 6.10 Å². The van der Waals surface area contributed by atoms with Crippen LogP contribution in [0, 0.1) is 0 Å². The lowest BCUT2D eigenvalue weighted by Gasteiger charge is -2.24. The maximum absolute atomic E-state index is 9.17. The molecule has 0 radical (unpaired) electrons. The van der Waals surface area contributed by atoms with E-state index in [1.165, 1.54) is 0 Å². The van der Waals surface area contributed by atoms with Gasteiger partial charge in [0.2, 0.25) is 0 Å². The molecular weight excluding hydrogens is 156 g/mol. The van der Waals surface area contributed by atoms with Gasteiger partial charge in [-0.1, -0.05) is 0 Å². The summed E-state index contributed by atoms with van der Waals surface area (Å²) in [5.41, 5.74) is 5.27. The Morgan fingerprint density at radius 1 is 1.50 bits per heavy atom. The van der Waals surface area contributed by atoms with Gasteiger partial charge in [-0.2, -0.15) is 0 Å². The van der Waals surface area contributed by atoms with Gasteiger partial charge in [-0.15, -0.1) is 0 Å². The highest BCUT2D eigenvalue weighted by molar-refractivity contribution is 4.72. The molecule has 1 saturated heterocycles. The standard InChI is InChI=1S/C8H18N2O2/c9-5-8(11)6-10-7-1-3-12-4-2-7/h7-8,10-11H,1-6,9H2. The number of hydrogen-bond donors (Lipinski definition) is 3. The van der Waals surface area contributed by atoms with Crippen LogP contribution in [0.25, 0.3) is 0 Å². The predicted molar refractivity (Wildman–Crippen MR) is 46.9 cm³/mol. The molecule has 0 aromatic carbocycles. The number of nitrogens with one attached hydrogen (secondary N) is 1. The highest BCUT2D eigenvalue weighted by Gasteiger charge is 2.13. The van der Waals surface area contributed by atoms with E-state index in [0.717, 1.165) is 26.1 Å². The molecular formula is C8H18N2O2. The molecule has 12 heavy (non-hydrogen) atoms. The summed E-state index contributed by atoms with van der Waals surface area (Å²) in [6.45, 7) is 2.59. The molecule has 4 N–H and O–H groups in total. The highest BCUT2D eigenvalue weighted by atomic mass is 16.5. The normalized spacial score (nSPS) is 22.5. The molecule has 0 bridgehead atoms. The van der Waals surface area contributed by atoms with Gasteiger partial charge in [0.1, 0.15) is 0 Å². The fourth-order valence-corrected chi connectivity index (χ4v) is 1.29. The summed E-state index contributed by atoms with van der Waals surface area (Å²) in [5, 5.41) is 12.4. The van der Waals surface area contributed by atoms with Crippen LogP contribution in [0.4, 0.5) is 0 Å². The Bertz CT molecular complexity index is 116. The third kappa shape index (κ3) is 3.49. The van der Waals surface area contributed by atoms with E-state index in [1.807, 2.05) is 0 Å². The van der Waals surface area contributed by atoms with Crippen LogP contribution >= 0.6 is 0 Å². The van der Waals surface area contributed by atoms with Crippen molar-refractivity contribution in [1.29, 1.82) is 0 Å². The first-order chi connectivity index (χ1) is 5.83. The van der Waals surface area contributed by atoms with Crippen molar-refractivity contribution in [3.63, 3.8) is 0 Å². The number of nitrogens with two attached hydrogens (primary N) is 1. The van der Waals surface area contributed by atoms with Crippen molar-refractivity contribution in [1.82, 2.24) is 5.32 Å². The average Bonchev–Trinajstić information content (AvgIpc) is 2.16.